The molecule has 0 aromatic heterocycles. The molecule has 1 rings (SSSR count). The van der Waals surface area contributed by atoms with E-state index in [1.54, 1.807) is 0 Å². The summed E-state index contributed by atoms with van der Waals surface area (Å²) in [6.07, 6.45) is 1.12. The molecule has 0 bridgehead atoms. The van der Waals surface area contributed by atoms with Crippen LogP contribution >= 0.6 is 0 Å². The molecule has 0 fully saturated rings. The van der Waals surface area contributed by atoms with Gasteiger partial charge in [0.25, 0.3) is 10.1 Å². The summed E-state index contributed by atoms with van der Waals surface area (Å²) in [6.45, 7) is 5.19. The zero-order chi connectivity index (χ0) is 11.0. The Labute approximate surface area is 124 Å². The Morgan fingerprint density at radius 1 is 1.40 bits per heavy atom. The van der Waals surface area contributed by atoms with Crippen molar-refractivity contribution < 1.29 is 15.8 Å². The Morgan fingerprint density at radius 3 is 2.00 bits per heavy atom. The minimum atomic E-state index is -3.79. The standard InChI is InChI=1S/C7H8.C3H6O3S.Ca.2H/c1-7-5-3-2-4-6-7;1-2-3-7(4,5)6;;;/h2-6H,1H3;2H,1,3H2,(H,4,5,6);;;/q;;+2;2*-1. The molecule has 0 aliphatic carbocycles. The second-order valence-electron chi connectivity index (χ2n) is 2.69. The van der Waals surface area contributed by atoms with Crippen LogP contribution in [0, 0.1) is 6.92 Å². The third-order valence-electron chi connectivity index (χ3n) is 1.27. The third kappa shape index (κ3) is 14.1. The van der Waals surface area contributed by atoms with Crippen LogP contribution in [0.4, 0.5) is 0 Å². The van der Waals surface area contributed by atoms with Gasteiger partial charge >= 0.3 is 37.7 Å². The van der Waals surface area contributed by atoms with E-state index in [4.69, 9.17) is 4.55 Å². The summed E-state index contributed by atoms with van der Waals surface area (Å²) in [5.41, 5.74) is 1.32. The maximum atomic E-state index is 9.72. The van der Waals surface area contributed by atoms with E-state index in [1.807, 2.05) is 18.2 Å². The molecule has 0 saturated heterocycles. The van der Waals surface area contributed by atoms with Crippen LogP contribution in [0.5, 0.6) is 0 Å². The van der Waals surface area contributed by atoms with Crippen LogP contribution in [0.1, 0.15) is 8.42 Å². The summed E-state index contributed by atoms with van der Waals surface area (Å²) < 4.78 is 27.3. The quantitative estimate of drug-likeness (QED) is 0.499. The Kier molecular flexibility index (Phi) is 10.9. The molecule has 0 heterocycles. The molecule has 15 heavy (non-hydrogen) atoms. The normalized spacial score (nSPS) is 9.20. The van der Waals surface area contributed by atoms with Gasteiger partial charge in [0.05, 0.1) is 5.75 Å². The number of aryl methyl sites for hydroxylation is 1. The van der Waals surface area contributed by atoms with Gasteiger partial charge in [0.1, 0.15) is 0 Å². The molecule has 0 unspecified atom stereocenters. The minimum Gasteiger partial charge on any atom is -1.00 e. The van der Waals surface area contributed by atoms with Gasteiger partial charge in [-0.25, -0.2) is 0 Å². The zero-order valence-corrected chi connectivity index (χ0v) is 11.8. The smallest absolute Gasteiger partial charge is 1.00 e. The van der Waals surface area contributed by atoms with Crippen LogP contribution in [0.15, 0.2) is 43.0 Å². The summed E-state index contributed by atoms with van der Waals surface area (Å²) in [7, 11) is -3.79. The van der Waals surface area contributed by atoms with Crippen LogP contribution in [0.25, 0.3) is 0 Å². The average molecular weight is 256 g/mol. The van der Waals surface area contributed by atoms with E-state index in [0.29, 0.717) is 0 Å². The first-order valence-corrected chi connectivity index (χ1v) is 5.64. The summed E-state index contributed by atoms with van der Waals surface area (Å²) >= 11 is 0. The van der Waals surface area contributed by atoms with E-state index in [2.05, 4.69) is 25.6 Å². The molecule has 0 radical (unpaired) electrons. The maximum absolute atomic E-state index is 9.72. The van der Waals surface area contributed by atoms with Gasteiger partial charge in [-0.2, -0.15) is 8.42 Å². The van der Waals surface area contributed by atoms with Gasteiger partial charge in [-0.05, 0) is 6.92 Å². The Hall–Kier alpha value is 0.130. The summed E-state index contributed by atoms with van der Waals surface area (Å²) in [6, 6.07) is 10.3. The molecule has 1 aromatic carbocycles. The van der Waals surface area contributed by atoms with Crippen LogP contribution in [-0.2, 0) is 10.1 Å². The first-order chi connectivity index (χ1) is 6.45. The van der Waals surface area contributed by atoms with Crippen molar-refractivity contribution in [3.05, 3.63) is 48.6 Å². The van der Waals surface area contributed by atoms with E-state index >= 15 is 0 Å². The van der Waals surface area contributed by atoms with E-state index in [0.717, 1.165) is 6.08 Å². The number of hydrogen-bond donors (Lipinski definition) is 1. The van der Waals surface area contributed by atoms with Gasteiger partial charge < -0.3 is 2.85 Å². The molecule has 5 heteroatoms. The van der Waals surface area contributed by atoms with Crippen molar-refractivity contribution in [3.8, 4) is 0 Å². The number of benzene rings is 1. The van der Waals surface area contributed by atoms with Crippen molar-refractivity contribution in [2.75, 3.05) is 5.75 Å². The fourth-order valence-electron chi connectivity index (χ4n) is 0.683. The maximum Gasteiger partial charge on any atom is 2.00 e. The van der Waals surface area contributed by atoms with Crippen LogP contribution in [-0.4, -0.2) is 56.5 Å². The molecular weight excluding hydrogens is 240 g/mol. The molecule has 0 saturated carbocycles. The van der Waals surface area contributed by atoms with Crippen molar-refractivity contribution in [2.24, 2.45) is 0 Å². The van der Waals surface area contributed by atoms with Gasteiger partial charge in [-0.15, -0.1) is 6.58 Å². The first kappa shape index (κ1) is 17.5. The van der Waals surface area contributed by atoms with Gasteiger partial charge in [0.2, 0.25) is 0 Å². The van der Waals surface area contributed by atoms with Crippen molar-refractivity contribution in [1.29, 1.82) is 0 Å². The predicted octanol–water partition coefficient (Wildman–Crippen LogP) is 1.90. The van der Waals surface area contributed by atoms with E-state index < -0.39 is 10.1 Å². The summed E-state index contributed by atoms with van der Waals surface area (Å²) in [4.78, 5) is 0. The molecule has 82 valence electrons. The van der Waals surface area contributed by atoms with Crippen LogP contribution in [0.3, 0.4) is 0 Å². The van der Waals surface area contributed by atoms with Crippen molar-refractivity contribution >= 4 is 47.9 Å². The van der Waals surface area contributed by atoms with Gasteiger partial charge in [0, 0.05) is 0 Å². The Morgan fingerprint density at radius 2 is 1.87 bits per heavy atom. The molecule has 0 aliphatic heterocycles. The number of rotatable bonds is 2. The Balaban J connectivity index is -0.0000000845. The fourth-order valence-corrected chi connectivity index (χ4v) is 0.981. The second kappa shape index (κ2) is 9.36. The van der Waals surface area contributed by atoms with Crippen molar-refractivity contribution in [3.63, 3.8) is 0 Å². The molecule has 1 aromatic rings. The number of hydrogen-bond acceptors (Lipinski definition) is 2. The average Bonchev–Trinajstić information content (AvgIpc) is 2.04. The van der Waals surface area contributed by atoms with Gasteiger partial charge in [-0.3, -0.25) is 4.55 Å². The van der Waals surface area contributed by atoms with E-state index in [1.165, 1.54) is 5.56 Å². The second-order valence-corrected chi connectivity index (χ2v) is 4.19. The molecule has 3 nitrogen and oxygen atoms in total. The van der Waals surface area contributed by atoms with E-state index in [9.17, 15) is 8.42 Å². The molecule has 0 spiro atoms. The van der Waals surface area contributed by atoms with Crippen LogP contribution < -0.4 is 0 Å². The molecule has 0 aliphatic rings. The molecule has 0 atom stereocenters. The molecule has 0 amide bonds. The first-order valence-electron chi connectivity index (χ1n) is 4.03. The monoisotopic (exact) mass is 256 g/mol. The fraction of sp³-hybridized carbons (Fsp3) is 0.200. The molecule has 1 N–H and O–H groups in total. The largest absolute Gasteiger partial charge is 2.00 e. The predicted molar refractivity (Wildman–Crippen MR) is 65.8 cm³/mol. The summed E-state index contributed by atoms with van der Waals surface area (Å²) in [5.74, 6) is -0.368. The Bertz CT molecular complexity index is 368. The van der Waals surface area contributed by atoms with Crippen molar-refractivity contribution in [1.82, 2.24) is 0 Å². The molecular formula is C10H16CaO3S. The minimum absolute atomic E-state index is 0. The van der Waals surface area contributed by atoms with Crippen LogP contribution in [0.2, 0.25) is 0 Å². The topological polar surface area (TPSA) is 54.4 Å². The SMILES string of the molecule is C=CCS(=O)(=O)O.Cc1ccccc1.[Ca+2].[H-].[H-]. The van der Waals surface area contributed by atoms with Gasteiger partial charge in [0.15, 0.2) is 0 Å². The van der Waals surface area contributed by atoms with Gasteiger partial charge in [-0.1, -0.05) is 42.0 Å². The zero-order valence-electron chi connectivity index (χ0n) is 10.8. The third-order valence-corrected chi connectivity index (χ3v) is 1.93. The van der Waals surface area contributed by atoms with Crippen molar-refractivity contribution in [2.45, 2.75) is 6.92 Å². The van der Waals surface area contributed by atoms with E-state index in [-0.39, 0.29) is 46.3 Å². The summed E-state index contributed by atoms with van der Waals surface area (Å²) in [5, 5.41) is 0.